The van der Waals surface area contributed by atoms with Gasteiger partial charge in [0, 0.05) is 5.56 Å². The normalized spacial score (nSPS) is 11.4. The molecule has 0 spiro atoms. The molecule has 8 heteroatoms. The van der Waals surface area contributed by atoms with Gasteiger partial charge in [0.2, 0.25) is 0 Å². The van der Waals surface area contributed by atoms with Crippen molar-refractivity contribution >= 4 is 16.7 Å². The summed E-state index contributed by atoms with van der Waals surface area (Å²) in [5.41, 5.74) is 5.62. The van der Waals surface area contributed by atoms with Crippen LogP contribution in [0.3, 0.4) is 0 Å². The van der Waals surface area contributed by atoms with E-state index in [-0.39, 0.29) is 23.7 Å². The molecule has 0 heterocycles. The number of phenolic OH excluding ortho intramolecular Hbond substituents is 1. The number of benzene rings is 3. The zero-order valence-corrected chi connectivity index (χ0v) is 13.8. The monoisotopic (exact) mass is 377 g/mol. The molecule has 1 amide bonds. The summed E-state index contributed by atoms with van der Waals surface area (Å²) in [5.74, 6) is -1.10. The molecule has 3 aromatic carbocycles. The third kappa shape index (κ3) is 4.41. The first-order valence-electron chi connectivity index (χ1n) is 7.76. The van der Waals surface area contributed by atoms with Gasteiger partial charge in [-0.05, 0) is 46.7 Å². The average molecular weight is 377 g/mol. The Balaban J connectivity index is 2.14. The van der Waals surface area contributed by atoms with E-state index < -0.39 is 18.0 Å². The topological polar surface area (TPSA) is 81.8 Å². The Morgan fingerprint density at radius 1 is 1.00 bits per heavy atom. The third-order valence-electron chi connectivity index (χ3n) is 3.71. The summed E-state index contributed by atoms with van der Waals surface area (Å²) in [7, 11) is 0. The molecule has 0 bridgehead atoms. The highest BCUT2D eigenvalue weighted by Crippen LogP contribution is 2.40. The number of rotatable bonds is 5. The molecule has 0 aliphatic rings. The van der Waals surface area contributed by atoms with Crippen LogP contribution < -0.4 is 15.2 Å². The number of amides is 1. The molecule has 0 unspecified atom stereocenters. The lowest BCUT2D eigenvalue weighted by molar-refractivity contribution is -0.274. The zero-order valence-electron chi connectivity index (χ0n) is 13.8. The molecule has 0 saturated carbocycles. The lowest BCUT2D eigenvalue weighted by Gasteiger charge is -2.14. The Morgan fingerprint density at radius 3 is 2.41 bits per heavy atom. The highest BCUT2D eigenvalue weighted by molar-refractivity contribution is 5.99. The van der Waals surface area contributed by atoms with E-state index in [1.165, 1.54) is 6.07 Å². The molecule has 0 saturated heterocycles. The number of halogens is 3. The van der Waals surface area contributed by atoms with Crippen LogP contribution in [-0.4, -0.2) is 24.0 Å². The van der Waals surface area contributed by atoms with Crippen molar-refractivity contribution in [2.75, 3.05) is 6.61 Å². The molecule has 27 heavy (non-hydrogen) atoms. The second-order valence-electron chi connectivity index (χ2n) is 5.67. The molecule has 3 aromatic rings. The maximum atomic E-state index is 12.5. The van der Waals surface area contributed by atoms with E-state index in [1.54, 1.807) is 30.3 Å². The summed E-state index contributed by atoms with van der Waals surface area (Å²) >= 11 is 0. The molecule has 3 rings (SSSR count). The molecule has 0 radical (unpaired) electrons. The van der Waals surface area contributed by atoms with Crippen molar-refractivity contribution in [2.45, 2.75) is 6.36 Å². The fourth-order valence-electron chi connectivity index (χ4n) is 2.67. The van der Waals surface area contributed by atoms with Crippen molar-refractivity contribution < 1.29 is 32.5 Å². The van der Waals surface area contributed by atoms with Gasteiger partial charge in [-0.3, -0.25) is 4.79 Å². The zero-order chi connectivity index (χ0) is 19.6. The number of phenols is 1. The van der Waals surface area contributed by atoms with E-state index >= 15 is 0 Å². The van der Waals surface area contributed by atoms with Crippen LogP contribution in [-0.2, 0) is 4.79 Å². The summed E-state index contributed by atoms with van der Waals surface area (Å²) < 4.78 is 46.8. The molecule has 0 aliphatic carbocycles. The SMILES string of the molecule is NC(=O)COc1cc(-c2cc(OC(F)(F)F)ccc2O)c2ccccc2c1. The van der Waals surface area contributed by atoms with Gasteiger partial charge in [-0.25, -0.2) is 0 Å². The van der Waals surface area contributed by atoms with Gasteiger partial charge >= 0.3 is 6.36 Å². The predicted octanol–water partition coefficient (Wildman–Crippen LogP) is 3.98. The Bertz CT molecular complexity index is 1000. The van der Waals surface area contributed by atoms with Gasteiger partial charge < -0.3 is 20.3 Å². The Morgan fingerprint density at radius 2 is 1.70 bits per heavy atom. The quantitative estimate of drug-likeness (QED) is 0.705. The molecular weight excluding hydrogens is 363 g/mol. The van der Waals surface area contributed by atoms with Gasteiger partial charge in [-0.15, -0.1) is 13.2 Å². The number of aromatic hydroxyl groups is 1. The van der Waals surface area contributed by atoms with Crippen LogP contribution in [0, 0.1) is 0 Å². The number of nitrogens with two attached hydrogens (primary N) is 1. The van der Waals surface area contributed by atoms with E-state index in [1.807, 2.05) is 0 Å². The first-order valence-corrected chi connectivity index (χ1v) is 7.76. The Labute approximate surface area is 151 Å². The first-order chi connectivity index (χ1) is 12.7. The average Bonchev–Trinajstić information content (AvgIpc) is 2.59. The Hall–Kier alpha value is -3.42. The van der Waals surface area contributed by atoms with Crippen LogP contribution >= 0.6 is 0 Å². The van der Waals surface area contributed by atoms with E-state index in [2.05, 4.69) is 4.74 Å². The largest absolute Gasteiger partial charge is 0.573 e. The minimum atomic E-state index is -4.86. The number of fused-ring (bicyclic) bond motifs is 1. The highest BCUT2D eigenvalue weighted by atomic mass is 19.4. The molecule has 0 atom stereocenters. The van der Waals surface area contributed by atoms with Gasteiger partial charge in [0.05, 0.1) is 0 Å². The second kappa shape index (κ2) is 7.06. The number of hydrogen-bond donors (Lipinski definition) is 2. The van der Waals surface area contributed by atoms with Gasteiger partial charge in [0.25, 0.3) is 5.91 Å². The molecule has 0 aromatic heterocycles. The minimum absolute atomic E-state index is 0.123. The summed E-state index contributed by atoms with van der Waals surface area (Å²) in [6.45, 7) is -0.360. The van der Waals surface area contributed by atoms with Gasteiger partial charge in [-0.2, -0.15) is 0 Å². The van der Waals surface area contributed by atoms with Crippen LogP contribution in [0.4, 0.5) is 13.2 Å². The van der Waals surface area contributed by atoms with Gasteiger partial charge in [-0.1, -0.05) is 24.3 Å². The fourth-order valence-corrected chi connectivity index (χ4v) is 2.67. The summed E-state index contributed by atoms with van der Waals surface area (Å²) in [5, 5.41) is 11.6. The van der Waals surface area contributed by atoms with Crippen LogP contribution in [0.15, 0.2) is 54.6 Å². The lowest BCUT2D eigenvalue weighted by atomic mass is 9.97. The smallest absolute Gasteiger partial charge is 0.507 e. The third-order valence-corrected chi connectivity index (χ3v) is 3.71. The number of alkyl halides is 3. The van der Waals surface area contributed by atoms with Crippen LogP contribution in [0.2, 0.25) is 0 Å². The number of ether oxygens (including phenoxy) is 2. The first kappa shape index (κ1) is 18.4. The van der Waals surface area contributed by atoms with Crippen molar-refractivity contribution in [1.82, 2.24) is 0 Å². The summed E-state index contributed by atoms with van der Waals surface area (Å²) in [6, 6.07) is 13.4. The number of carbonyl (C=O) groups is 1. The van der Waals surface area contributed by atoms with Crippen molar-refractivity contribution in [3.05, 3.63) is 54.6 Å². The molecule has 0 fully saturated rings. The minimum Gasteiger partial charge on any atom is -0.507 e. The standard InChI is InChI=1S/C19H14F3NO4/c20-19(21,22)27-12-5-6-17(24)16(8-12)15-9-13(26-10-18(23)25)7-11-3-1-2-4-14(11)15/h1-9,24H,10H2,(H2,23,25). The summed E-state index contributed by atoms with van der Waals surface area (Å²) in [4.78, 5) is 11.0. The van der Waals surface area contributed by atoms with E-state index in [9.17, 15) is 23.1 Å². The van der Waals surface area contributed by atoms with E-state index in [0.29, 0.717) is 16.3 Å². The van der Waals surface area contributed by atoms with E-state index in [4.69, 9.17) is 10.5 Å². The van der Waals surface area contributed by atoms with Crippen LogP contribution in [0.5, 0.6) is 17.2 Å². The maximum Gasteiger partial charge on any atom is 0.573 e. The van der Waals surface area contributed by atoms with E-state index in [0.717, 1.165) is 18.2 Å². The summed E-state index contributed by atoms with van der Waals surface area (Å²) in [6.07, 6.45) is -4.86. The van der Waals surface area contributed by atoms with Gasteiger partial charge in [0.1, 0.15) is 17.2 Å². The number of primary amides is 1. The number of hydrogen-bond acceptors (Lipinski definition) is 4. The molecule has 0 aliphatic heterocycles. The van der Waals surface area contributed by atoms with Crippen molar-refractivity contribution in [3.63, 3.8) is 0 Å². The van der Waals surface area contributed by atoms with Crippen molar-refractivity contribution in [3.8, 4) is 28.4 Å². The van der Waals surface area contributed by atoms with Crippen LogP contribution in [0.1, 0.15) is 0 Å². The van der Waals surface area contributed by atoms with Crippen molar-refractivity contribution in [2.24, 2.45) is 5.73 Å². The second-order valence-corrected chi connectivity index (χ2v) is 5.67. The fraction of sp³-hybridized carbons (Fsp3) is 0.105. The molecule has 140 valence electrons. The lowest BCUT2D eigenvalue weighted by Crippen LogP contribution is -2.20. The molecular formula is C19H14F3NO4. The molecule has 5 nitrogen and oxygen atoms in total. The predicted molar refractivity (Wildman–Crippen MR) is 92.4 cm³/mol. The van der Waals surface area contributed by atoms with Crippen LogP contribution in [0.25, 0.3) is 21.9 Å². The van der Waals surface area contributed by atoms with Crippen molar-refractivity contribution in [1.29, 1.82) is 0 Å². The maximum absolute atomic E-state index is 12.5. The number of carbonyl (C=O) groups excluding carboxylic acids is 1. The highest BCUT2D eigenvalue weighted by Gasteiger charge is 2.31. The molecule has 3 N–H and O–H groups in total. The Kier molecular flexibility index (Phi) is 4.81. The van der Waals surface area contributed by atoms with Gasteiger partial charge in [0.15, 0.2) is 6.61 Å².